The molecule has 0 saturated heterocycles. The van der Waals surface area contributed by atoms with E-state index < -0.39 is 5.82 Å². The molecule has 9 heteroatoms. The third-order valence-corrected chi connectivity index (χ3v) is 6.62. The highest BCUT2D eigenvalue weighted by Crippen LogP contribution is 2.29. The van der Waals surface area contributed by atoms with Gasteiger partial charge in [-0.1, -0.05) is 54.2 Å². The van der Waals surface area contributed by atoms with Crippen molar-refractivity contribution >= 4 is 23.1 Å². The van der Waals surface area contributed by atoms with Gasteiger partial charge in [0.25, 0.3) is 0 Å². The summed E-state index contributed by atoms with van der Waals surface area (Å²) < 4.78 is 26.9. The molecule has 166 valence electrons. The maximum absolute atomic E-state index is 13.9. The van der Waals surface area contributed by atoms with Crippen molar-refractivity contribution in [2.75, 3.05) is 13.7 Å². The molecule has 0 unspecified atom stereocenters. The first-order valence-corrected chi connectivity index (χ1v) is 11.9. The van der Waals surface area contributed by atoms with Crippen molar-refractivity contribution in [1.29, 1.82) is 0 Å². The zero-order valence-corrected chi connectivity index (χ0v) is 19.4. The van der Waals surface area contributed by atoms with Crippen LogP contribution in [-0.4, -0.2) is 33.5 Å². The molecular formula is C23H23FN4O2S2. The van der Waals surface area contributed by atoms with Crippen LogP contribution in [0.5, 0.6) is 5.75 Å². The molecule has 2 aromatic heterocycles. The lowest BCUT2D eigenvalue weighted by atomic mass is 10.2. The van der Waals surface area contributed by atoms with Crippen LogP contribution in [0, 0.1) is 5.82 Å². The number of para-hydroxylation sites is 1. The molecule has 0 N–H and O–H groups in total. The Morgan fingerprint density at radius 2 is 1.88 bits per heavy atom. The van der Waals surface area contributed by atoms with E-state index in [4.69, 9.17) is 14.5 Å². The van der Waals surface area contributed by atoms with Gasteiger partial charge in [-0.25, -0.2) is 9.37 Å². The van der Waals surface area contributed by atoms with Crippen molar-refractivity contribution in [3.63, 3.8) is 0 Å². The van der Waals surface area contributed by atoms with Gasteiger partial charge in [-0.15, -0.1) is 21.5 Å². The average Bonchev–Trinajstić information content (AvgIpc) is 3.45. The molecule has 4 aromatic rings. The van der Waals surface area contributed by atoms with Crippen molar-refractivity contribution in [2.24, 2.45) is 0 Å². The zero-order chi connectivity index (χ0) is 22.3. The molecular weight excluding hydrogens is 447 g/mol. The van der Waals surface area contributed by atoms with E-state index in [1.165, 1.54) is 6.07 Å². The Morgan fingerprint density at radius 1 is 1.09 bits per heavy atom. The molecule has 0 fully saturated rings. The minimum Gasteiger partial charge on any atom is -0.483 e. The molecule has 0 amide bonds. The van der Waals surface area contributed by atoms with Crippen LogP contribution in [0.3, 0.4) is 0 Å². The maximum atomic E-state index is 13.9. The van der Waals surface area contributed by atoms with Crippen molar-refractivity contribution in [3.05, 3.63) is 77.3 Å². The minimum absolute atomic E-state index is 0.00738. The third kappa shape index (κ3) is 5.35. The smallest absolute Gasteiger partial charge is 0.192 e. The Labute approximate surface area is 194 Å². The predicted molar refractivity (Wildman–Crippen MR) is 124 cm³/mol. The summed E-state index contributed by atoms with van der Waals surface area (Å²) in [7, 11) is 1.66. The Morgan fingerprint density at radius 3 is 2.66 bits per heavy atom. The number of ether oxygens (including phenoxy) is 2. The van der Waals surface area contributed by atoms with Gasteiger partial charge >= 0.3 is 0 Å². The number of halogens is 1. The van der Waals surface area contributed by atoms with E-state index in [2.05, 4.69) is 27.7 Å². The van der Waals surface area contributed by atoms with Gasteiger partial charge in [-0.3, -0.25) is 4.57 Å². The predicted octanol–water partition coefficient (Wildman–Crippen LogP) is 5.62. The highest BCUT2D eigenvalue weighted by Gasteiger charge is 2.19. The monoisotopic (exact) mass is 470 g/mol. The van der Waals surface area contributed by atoms with Gasteiger partial charge in [0, 0.05) is 23.8 Å². The summed E-state index contributed by atoms with van der Waals surface area (Å²) in [5, 5.41) is 12.5. The molecule has 0 aliphatic rings. The summed E-state index contributed by atoms with van der Waals surface area (Å²) in [6.45, 7) is 2.63. The first kappa shape index (κ1) is 22.4. The molecule has 32 heavy (non-hydrogen) atoms. The van der Waals surface area contributed by atoms with E-state index in [1.807, 2.05) is 29.7 Å². The van der Waals surface area contributed by atoms with Gasteiger partial charge in [-0.2, -0.15) is 0 Å². The van der Waals surface area contributed by atoms with E-state index in [9.17, 15) is 4.39 Å². The van der Waals surface area contributed by atoms with Crippen LogP contribution in [0.15, 0.2) is 65.1 Å². The zero-order valence-electron chi connectivity index (χ0n) is 17.8. The molecule has 0 aliphatic carbocycles. The van der Waals surface area contributed by atoms with Gasteiger partial charge in [0.2, 0.25) is 0 Å². The normalized spacial score (nSPS) is 12.1. The van der Waals surface area contributed by atoms with Crippen LogP contribution in [0.1, 0.15) is 24.5 Å². The molecule has 4 rings (SSSR count). The lowest BCUT2D eigenvalue weighted by molar-refractivity contribution is 0.154. The highest BCUT2D eigenvalue weighted by molar-refractivity contribution is 7.98. The van der Waals surface area contributed by atoms with Gasteiger partial charge in [0.1, 0.15) is 11.6 Å². The summed E-state index contributed by atoms with van der Waals surface area (Å²) in [6, 6.07) is 16.4. The number of benzene rings is 2. The number of nitrogens with zero attached hydrogens (tertiary/aromatic N) is 4. The van der Waals surface area contributed by atoms with Crippen molar-refractivity contribution in [3.8, 4) is 16.3 Å². The molecule has 6 nitrogen and oxygen atoms in total. The average molecular weight is 471 g/mol. The number of hydrogen-bond acceptors (Lipinski definition) is 7. The first-order chi connectivity index (χ1) is 15.7. The Balaban J connectivity index is 1.48. The van der Waals surface area contributed by atoms with E-state index >= 15 is 0 Å². The molecule has 0 radical (unpaired) electrons. The third-order valence-electron chi connectivity index (χ3n) is 4.70. The first-order valence-electron chi connectivity index (χ1n) is 10.1. The van der Waals surface area contributed by atoms with E-state index in [-0.39, 0.29) is 18.4 Å². The number of thiazole rings is 1. The van der Waals surface area contributed by atoms with E-state index in [0.29, 0.717) is 18.2 Å². The van der Waals surface area contributed by atoms with Gasteiger partial charge in [0.05, 0.1) is 18.3 Å². The van der Waals surface area contributed by atoms with Crippen LogP contribution >= 0.6 is 23.1 Å². The second-order valence-electron chi connectivity index (χ2n) is 7.09. The highest BCUT2D eigenvalue weighted by atomic mass is 32.2. The number of rotatable bonds is 10. The molecule has 2 aromatic carbocycles. The number of hydrogen-bond donors (Lipinski definition) is 0. The van der Waals surface area contributed by atoms with Gasteiger partial charge < -0.3 is 9.47 Å². The lowest BCUT2D eigenvalue weighted by Crippen LogP contribution is -2.16. The molecule has 0 bridgehead atoms. The Bertz CT molecular complexity index is 1150. The molecule has 0 aliphatic heterocycles. The van der Waals surface area contributed by atoms with Crippen molar-refractivity contribution in [1.82, 2.24) is 19.7 Å². The number of aromatic nitrogens is 4. The summed E-state index contributed by atoms with van der Waals surface area (Å²) >= 11 is 3.18. The molecule has 2 heterocycles. The minimum atomic E-state index is -0.407. The van der Waals surface area contributed by atoms with Crippen molar-refractivity contribution in [2.45, 2.75) is 30.5 Å². The number of thioether (sulfide) groups is 1. The standard InChI is InChI=1S/C23H23FN4O2S2/c1-16(12-29-2)28-21(13-30-20-11-7-6-10-19(20)24)26-27-23(28)32-15-18-14-31-22(25-18)17-8-4-3-5-9-17/h3-11,14,16H,12-13,15H2,1-2H3/t16-/m0/s1. The fourth-order valence-corrected chi connectivity index (χ4v) is 5.07. The molecule has 0 spiro atoms. The second-order valence-corrected chi connectivity index (χ2v) is 8.89. The Kier molecular flexibility index (Phi) is 7.51. The summed E-state index contributed by atoms with van der Waals surface area (Å²) in [5.74, 6) is 1.06. The largest absolute Gasteiger partial charge is 0.483 e. The van der Waals surface area contributed by atoms with Crippen LogP contribution < -0.4 is 4.74 Å². The van der Waals surface area contributed by atoms with Crippen LogP contribution in [0.25, 0.3) is 10.6 Å². The van der Waals surface area contributed by atoms with E-state index in [1.54, 1.807) is 48.4 Å². The van der Waals surface area contributed by atoms with Gasteiger partial charge in [0.15, 0.2) is 22.5 Å². The van der Waals surface area contributed by atoms with E-state index in [0.717, 1.165) is 21.4 Å². The molecule has 0 saturated carbocycles. The van der Waals surface area contributed by atoms with Crippen LogP contribution in [-0.2, 0) is 17.1 Å². The topological polar surface area (TPSA) is 62.1 Å². The SMILES string of the molecule is COC[C@H](C)n1c(COc2ccccc2F)nnc1SCc1csc(-c2ccccc2)n1. The summed E-state index contributed by atoms with van der Waals surface area (Å²) in [6.07, 6.45) is 0. The lowest BCUT2D eigenvalue weighted by Gasteiger charge is -2.17. The van der Waals surface area contributed by atoms with Crippen LogP contribution in [0.4, 0.5) is 4.39 Å². The Hall–Kier alpha value is -2.75. The quantitative estimate of drug-likeness (QED) is 0.280. The fraction of sp³-hybridized carbons (Fsp3) is 0.261. The summed E-state index contributed by atoms with van der Waals surface area (Å²) in [5.41, 5.74) is 2.09. The fourth-order valence-electron chi connectivity index (χ4n) is 3.19. The maximum Gasteiger partial charge on any atom is 0.192 e. The second kappa shape index (κ2) is 10.7. The number of methoxy groups -OCH3 is 1. The van der Waals surface area contributed by atoms with Gasteiger partial charge in [-0.05, 0) is 19.1 Å². The van der Waals surface area contributed by atoms with Crippen molar-refractivity contribution < 1.29 is 13.9 Å². The van der Waals surface area contributed by atoms with Crippen LogP contribution in [0.2, 0.25) is 0 Å². The molecule has 1 atom stereocenters. The summed E-state index contributed by atoms with van der Waals surface area (Å²) in [4.78, 5) is 4.75.